The molecule has 0 saturated carbocycles. The minimum atomic E-state index is -0.702. The molecule has 0 nitrogen and oxygen atoms in total. The highest BCUT2D eigenvalue weighted by molar-refractivity contribution is 7.73. The van der Waals surface area contributed by atoms with E-state index >= 15 is 0 Å². The van der Waals surface area contributed by atoms with Crippen molar-refractivity contribution in [3.05, 3.63) is 271 Å². The lowest BCUT2D eigenvalue weighted by Crippen LogP contribution is -2.16. The topological polar surface area (TPSA) is 0 Å². The third-order valence-electron chi connectivity index (χ3n) is 11.7. The summed E-state index contributed by atoms with van der Waals surface area (Å²) in [6, 6.07) is 93.5. The van der Waals surface area contributed by atoms with Crippen LogP contribution in [-0.4, -0.2) is 6.66 Å². The largest absolute Gasteiger partial charge is 0.0740 e. The Balaban J connectivity index is 1.29. The Hall–Kier alpha value is -5.30. The molecule has 308 valence electrons. The molecule has 0 aliphatic heterocycles. The molecule has 9 rings (SSSR count). The molecule has 0 bridgehead atoms. The van der Waals surface area contributed by atoms with E-state index in [0.29, 0.717) is 0 Å². The van der Waals surface area contributed by atoms with Crippen molar-refractivity contribution in [2.24, 2.45) is 0 Å². The molecule has 0 amide bonds. The Labute approximate surface area is 380 Å². The zero-order valence-electron chi connectivity index (χ0n) is 35.8. The fourth-order valence-electron chi connectivity index (χ4n) is 8.66. The molecule has 0 N–H and O–H groups in total. The van der Waals surface area contributed by atoms with Gasteiger partial charge in [-0.1, -0.05) is 257 Å². The second kappa shape index (κ2) is 21.4. The van der Waals surface area contributed by atoms with E-state index in [0.717, 1.165) is 24.6 Å². The molecule has 0 radical (unpaired) electrons. The van der Waals surface area contributed by atoms with Crippen LogP contribution in [-0.2, 0) is 24.6 Å². The van der Waals surface area contributed by atoms with E-state index in [1.165, 1.54) is 70.5 Å². The molecule has 0 aliphatic rings. The Bertz CT molecular complexity index is 2560. The monoisotopic (exact) mass is 884 g/mol. The highest BCUT2D eigenvalue weighted by Crippen LogP contribution is 2.50. The Morgan fingerprint density at radius 1 is 0.222 bits per heavy atom. The van der Waals surface area contributed by atoms with Crippen molar-refractivity contribution in [2.75, 3.05) is 6.66 Å². The van der Waals surface area contributed by atoms with Crippen molar-refractivity contribution in [3.63, 3.8) is 0 Å². The van der Waals surface area contributed by atoms with Gasteiger partial charge in [-0.25, -0.2) is 0 Å². The average Bonchev–Trinajstić information content (AvgIpc) is 3.36. The molecule has 9 aromatic rings. The fraction of sp³-hybridized carbons (Fsp3) is 0.0847. The third-order valence-corrected chi connectivity index (χ3v) is 21.2. The van der Waals surface area contributed by atoms with Gasteiger partial charge in [-0.05, 0) is 107 Å². The Morgan fingerprint density at radius 2 is 0.429 bits per heavy atom. The molecule has 0 fully saturated rings. The van der Waals surface area contributed by atoms with E-state index < -0.39 is 31.7 Å². The van der Waals surface area contributed by atoms with Gasteiger partial charge in [-0.2, -0.15) is 0 Å². The summed E-state index contributed by atoms with van der Waals surface area (Å²) < 4.78 is 0. The molecule has 0 aromatic heterocycles. The molecular formula is C59H52P4. The van der Waals surface area contributed by atoms with Crippen molar-refractivity contribution in [3.8, 4) is 11.1 Å². The molecular weight excluding hydrogens is 833 g/mol. The maximum absolute atomic E-state index is 2.48. The zero-order valence-corrected chi connectivity index (χ0v) is 39.4. The smallest absolute Gasteiger partial charge is 0.00137 e. The minimum Gasteiger partial charge on any atom is -0.0740 e. The fourth-order valence-corrected chi connectivity index (χ4v) is 17.3. The normalized spacial score (nSPS) is 11.9. The summed E-state index contributed by atoms with van der Waals surface area (Å²) in [7, 11) is -2.56. The van der Waals surface area contributed by atoms with Crippen LogP contribution in [0, 0.1) is 0 Å². The van der Waals surface area contributed by atoms with Crippen LogP contribution in [0.1, 0.15) is 22.3 Å². The lowest BCUT2D eigenvalue weighted by molar-refractivity contribution is 1.26. The number of rotatable bonds is 16. The predicted octanol–water partition coefficient (Wildman–Crippen LogP) is 13.2. The summed E-state index contributed by atoms with van der Waals surface area (Å²) in [5.41, 5.74) is 8.71. The molecule has 63 heavy (non-hydrogen) atoms. The summed E-state index contributed by atoms with van der Waals surface area (Å²) >= 11 is 0. The second-order valence-electron chi connectivity index (χ2n) is 15.9. The summed E-state index contributed by atoms with van der Waals surface area (Å²) in [6.07, 6.45) is 3.90. The van der Waals surface area contributed by atoms with Gasteiger partial charge in [0.05, 0.1) is 0 Å². The van der Waals surface area contributed by atoms with Gasteiger partial charge >= 0.3 is 0 Å². The molecule has 0 spiro atoms. The summed E-state index contributed by atoms with van der Waals surface area (Å²) in [5.74, 6) is 0. The van der Waals surface area contributed by atoms with Crippen molar-refractivity contribution in [1.29, 1.82) is 0 Å². The Morgan fingerprint density at radius 3 is 0.667 bits per heavy atom. The maximum atomic E-state index is 2.48. The number of benzene rings is 9. The van der Waals surface area contributed by atoms with Crippen molar-refractivity contribution in [1.82, 2.24) is 0 Å². The first-order chi connectivity index (χ1) is 31.2. The van der Waals surface area contributed by atoms with Crippen LogP contribution in [0.3, 0.4) is 0 Å². The lowest BCUT2D eigenvalue weighted by Gasteiger charge is -2.28. The average molecular weight is 885 g/mol. The van der Waals surface area contributed by atoms with E-state index in [1.807, 2.05) is 0 Å². The lowest BCUT2D eigenvalue weighted by atomic mass is 9.89. The van der Waals surface area contributed by atoms with E-state index in [1.54, 1.807) is 0 Å². The van der Waals surface area contributed by atoms with Crippen LogP contribution in [0.2, 0.25) is 0 Å². The van der Waals surface area contributed by atoms with Gasteiger partial charge in [0.2, 0.25) is 0 Å². The van der Waals surface area contributed by atoms with Gasteiger partial charge in [0.25, 0.3) is 0 Å². The maximum Gasteiger partial charge on any atom is 0.00137 e. The molecule has 1 unspecified atom stereocenters. The summed E-state index contributed by atoms with van der Waals surface area (Å²) in [5, 5.41) is 9.93. The molecule has 1 atom stereocenters. The first-order valence-electron chi connectivity index (χ1n) is 21.8. The van der Waals surface area contributed by atoms with E-state index in [-0.39, 0.29) is 0 Å². The second-order valence-corrected chi connectivity index (χ2v) is 24.7. The molecule has 0 aliphatic carbocycles. The van der Waals surface area contributed by atoms with Gasteiger partial charge in [0.15, 0.2) is 0 Å². The zero-order chi connectivity index (χ0) is 42.6. The third kappa shape index (κ3) is 10.6. The number of hydrogen-bond acceptors (Lipinski definition) is 0. The quantitative estimate of drug-likeness (QED) is 0.0848. The van der Waals surface area contributed by atoms with Gasteiger partial charge in [0.1, 0.15) is 0 Å². The molecule has 0 saturated heterocycles. The van der Waals surface area contributed by atoms with Crippen molar-refractivity contribution in [2.45, 2.75) is 24.6 Å². The molecule has 4 heteroatoms. The standard InChI is InChI=1S/C59H52P4/c1-60(51-29-9-2-10-30-51)43-47-25-23-26-48(44-61(52-31-11-3-12-32-52)53-33-13-4-14-34-53)58(47)59-49(45-62(54-35-15-5-16-36-54)55-37-17-6-18-38-55)27-24-28-50(59)46-63(56-39-19-7-20-40-56)57-41-21-8-22-42-57/h2-42H,43-46H2,1H3. The van der Waals surface area contributed by atoms with Crippen molar-refractivity contribution < 1.29 is 0 Å². The first kappa shape index (κ1) is 43.0. The van der Waals surface area contributed by atoms with Crippen LogP contribution in [0.4, 0.5) is 0 Å². The highest BCUT2D eigenvalue weighted by atomic mass is 31.1. The van der Waals surface area contributed by atoms with Crippen LogP contribution < -0.4 is 37.1 Å². The van der Waals surface area contributed by atoms with Crippen LogP contribution >= 0.6 is 31.7 Å². The molecule has 9 aromatic carbocycles. The van der Waals surface area contributed by atoms with Crippen molar-refractivity contribution >= 4 is 68.8 Å². The predicted molar refractivity (Wildman–Crippen MR) is 283 cm³/mol. The van der Waals surface area contributed by atoms with Crippen LogP contribution in [0.25, 0.3) is 11.1 Å². The summed E-state index contributed by atoms with van der Waals surface area (Å²) in [4.78, 5) is 0. The first-order valence-corrected chi connectivity index (χ1v) is 28.4. The molecule has 0 heterocycles. The number of hydrogen-bond donors (Lipinski definition) is 0. The summed E-state index contributed by atoms with van der Waals surface area (Å²) in [6.45, 7) is 2.48. The van der Waals surface area contributed by atoms with Gasteiger partial charge in [-0.3, -0.25) is 0 Å². The van der Waals surface area contributed by atoms with Gasteiger partial charge < -0.3 is 0 Å². The minimum absolute atomic E-state index is 0.463. The van der Waals surface area contributed by atoms with Crippen LogP contribution in [0.5, 0.6) is 0 Å². The highest BCUT2D eigenvalue weighted by Gasteiger charge is 2.27. The van der Waals surface area contributed by atoms with E-state index in [9.17, 15) is 0 Å². The SMILES string of the molecule is CP(Cc1cccc(CP(c2ccccc2)c2ccccc2)c1-c1c(CP(c2ccccc2)c2ccccc2)cccc1CP(c1ccccc1)c1ccccc1)c1ccccc1. The van der Waals surface area contributed by atoms with Crippen LogP contribution in [0.15, 0.2) is 249 Å². The van der Waals surface area contributed by atoms with Gasteiger partial charge in [0, 0.05) is 18.5 Å². The van der Waals surface area contributed by atoms with Gasteiger partial charge in [-0.15, -0.1) is 0 Å². The van der Waals surface area contributed by atoms with E-state index in [4.69, 9.17) is 0 Å². The Kier molecular flexibility index (Phi) is 14.6. The van der Waals surface area contributed by atoms with E-state index in [2.05, 4.69) is 255 Å².